The van der Waals surface area contributed by atoms with Crippen LogP contribution in [0.5, 0.6) is 0 Å². The van der Waals surface area contributed by atoms with Crippen molar-refractivity contribution in [3.8, 4) is 0 Å². The summed E-state index contributed by atoms with van der Waals surface area (Å²) in [6.45, 7) is 0. The van der Waals surface area contributed by atoms with E-state index in [1.807, 2.05) is 6.07 Å². The van der Waals surface area contributed by atoms with E-state index in [0.717, 1.165) is 11.6 Å². The Bertz CT molecular complexity index is 660. The lowest BCUT2D eigenvalue weighted by Gasteiger charge is -2.07. The summed E-state index contributed by atoms with van der Waals surface area (Å²) in [4.78, 5) is 21.1. The van der Waals surface area contributed by atoms with Gasteiger partial charge in [0.25, 0.3) is 5.69 Å². The molecule has 1 N–H and O–H groups in total. The molecule has 0 amide bonds. The first-order valence-electron chi connectivity index (χ1n) is 5.83. The van der Waals surface area contributed by atoms with Crippen LogP contribution in [-0.4, -0.2) is 16.0 Å². The number of carbonyl (C=O) groups is 1. The molecule has 0 bridgehead atoms. The van der Waals surface area contributed by atoms with Crippen molar-refractivity contribution >= 4 is 17.2 Å². The van der Waals surface area contributed by atoms with Crippen molar-refractivity contribution in [3.63, 3.8) is 0 Å². The Morgan fingerprint density at radius 3 is 2.05 bits per heavy atom. The Kier molecular flexibility index (Phi) is 3.91. The molecule has 0 saturated carbocycles. The van der Waals surface area contributed by atoms with Crippen LogP contribution in [0.4, 0.5) is 5.69 Å². The standard InChI is InChI=1S/C15H11NO4/c17-15(18)10-14(11-4-2-1-3-5-11)12-6-8-13(9-7-12)16(19)20/h1-10H,(H,17,18)/b14-10-. The number of hydrogen-bond acceptors (Lipinski definition) is 3. The zero-order valence-corrected chi connectivity index (χ0v) is 10.4. The number of nitrogens with zero attached hydrogens (tertiary/aromatic N) is 1. The summed E-state index contributed by atoms with van der Waals surface area (Å²) >= 11 is 0. The second kappa shape index (κ2) is 5.79. The third-order valence-electron chi connectivity index (χ3n) is 2.74. The number of carboxylic acid groups (broad SMARTS) is 1. The molecular formula is C15H11NO4. The molecule has 2 aromatic rings. The topological polar surface area (TPSA) is 80.4 Å². The van der Waals surface area contributed by atoms with Crippen LogP contribution in [0.2, 0.25) is 0 Å². The summed E-state index contributed by atoms with van der Waals surface area (Å²) in [7, 11) is 0. The number of benzene rings is 2. The number of rotatable bonds is 4. The summed E-state index contributed by atoms with van der Waals surface area (Å²) in [5.41, 5.74) is 1.83. The second-order valence-electron chi connectivity index (χ2n) is 4.07. The van der Waals surface area contributed by atoms with Crippen molar-refractivity contribution < 1.29 is 14.8 Å². The quantitative estimate of drug-likeness (QED) is 0.525. The normalized spacial score (nSPS) is 11.1. The van der Waals surface area contributed by atoms with Gasteiger partial charge in [-0.1, -0.05) is 30.3 Å². The molecule has 5 heteroatoms. The molecule has 0 aliphatic heterocycles. The van der Waals surface area contributed by atoms with Gasteiger partial charge >= 0.3 is 5.97 Å². The van der Waals surface area contributed by atoms with Crippen LogP contribution in [0.3, 0.4) is 0 Å². The van der Waals surface area contributed by atoms with E-state index in [9.17, 15) is 14.9 Å². The van der Waals surface area contributed by atoms with E-state index >= 15 is 0 Å². The summed E-state index contributed by atoms with van der Waals surface area (Å²) < 4.78 is 0. The molecule has 0 saturated heterocycles. The van der Waals surface area contributed by atoms with Crippen molar-refractivity contribution in [3.05, 3.63) is 81.9 Å². The largest absolute Gasteiger partial charge is 0.478 e. The van der Waals surface area contributed by atoms with Gasteiger partial charge in [0.1, 0.15) is 0 Å². The third kappa shape index (κ3) is 3.08. The van der Waals surface area contributed by atoms with E-state index in [2.05, 4.69) is 0 Å². The van der Waals surface area contributed by atoms with Gasteiger partial charge in [0.15, 0.2) is 0 Å². The van der Waals surface area contributed by atoms with E-state index in [1.165, 1.54) is 12.1 Å². The average Bonchev–Trinajstić information content (AvgIpc) is 2.45. The Balaban J connectivity index is 2.48. The minimum absolute atomic E-state index is 0.0310. The molecule has 0 spiro atoms. The molecule has 100 valence electrons. The minimum Gasteiger partial charge on any atom is -0.478 e. The number of nitro benzene ring substituents is 1. The predicted molar refractivity (Wildman–Crippen MR) is 74.3 cm³/mol. The Hall–Kier alpha value is -2.95. The summed E-state index contributed by atoms with van der Waals surface area (Å²) in [5, 5.41) is 19.6. The molecule has 0 aliphatic rings. The molecule has 0 unspecified atom stereocenters. The van der Waals surface area contributed by atoms with Crippen LogP contribution in [0, 0.1) is 10.1 Å². The van der Waals surface area contributed by atoms with Crippen LogP contribution in [0.1, 0.15) is 11.1 Å². The van der Waals surface area contributed by atoms with Gasteiger partial charge in [-0.25, -0.2) is 4.79 Å². The lowest BCUT2D eigenvalue weighted by atomic mass is 9.97. The molecule has 0 atom stereocenters. The number of nitro groups is 1. The fourth-order valence-electron chi connectivity index (χ4n) is 1.84. The van der Waals surface area contributed by atoms with Crippen LogP contribution in [0.25, 0.3) is 5.57 Å². The monoisotopic (exact) mass is 269 g/mol. The number of hydrogen-bond donors (Lipinski definition) is 1. The molecule has 0 aromatic heterocycles. The Labute approximate surface area is 115 Å². The lowest BCUT2D eigenvalue weighted by Crippen LogP contribution is -1.95. The molecule has 2 rings (SSSR count). The van der Waals surface area contributed by atoms with Crippen LogP contribution >= 0.6 is 0 Å². The molecule has 0 aliphatic carbocycles. The molecule has 5 nitrogen and oxygen atoms in total. The van der Waals surface area contributed by atoms with E-state index in [-0.39, 0.29) is 5.69 Å². The molecule has 2 aromatic carbocycles. The highest BCUT2D eigenvalue weighted by Gasteiger charge is 2.10. The average molecular weight is 269 g/mol. The lowest BCUT2D eigenvalue weighted by molar-refractivity contribution is -0.384. The maximum absolute atomic E-state index is 10.9. The van der Waals surface area contributed by atoms with E-state index in [0.29, 0.717) is 11.1 Å². The summed E-state index contributed by atoms with van der Waals surface area (Å²) in [5.74, 6) is -1.07. The van der Waals surface area contributed by atoms with E-state index < -0.39 is 10.9 Å². The molecule has 0 radical (unpaired) electrons. The summed E-state index contributed by atoms with van der Waals surface area (Å²) in [6.07, 6.45) is 1.09. The first kappa shape index (κ1) is 13.5. The van der Waals surface area contributed by atoms with E-state index in [1.54, 1.807) is 36.4 Å². The molecular weight excluding hydrogens is 258 g/mol. The SMILES string of the molecule is O=C(O)/C=C(/c1ccccc1)c1ccc([N+](=O)[O-])cc1. The van der Waals surface area contributed by atoms with Crippen molar-refractivity contribution in [1.29, 1.82) is 0 Å². The van der Waals surface area contributed by atoms with Crippen LogP contribution in [0.15, 0.2) is 60.7 Å². The first-order valence-corrected chi connectivity index (χ1v) is 5.83. The Morgan fingerprint density at radius 2 is 1.55 bits per heavy atom. The third-order valence-corrected chi connectivity index (χ3v) is 2.74. The van der Waals surface area contributed by atoms with Crippen LogP contribution < -0.4 is 0 Å². The summed E-state index contributed by atoms with van der Waals surface area (Å²) in [6, 6.07) is 14.8. The van der Waals surface area contributed by atoms with Gasteiger partial charge in [0, 0.05) is 18.2 Å². The predicted octanol–water partition coefficient (Wildman–Crippen LogP) is 3.11. The molecule has 0 fully saturated rings. The van der Waals surface area contributed by atoms with E-state index in [4.69, 9.17) is 5.11 Å². The minimum atomic E-state index is -1.07. The fraction of sp³-hybridized carbons (Fsp3) is 0. The molecule has 20 heavy (non-hydrogen) atoms. The van der Waals surface area contributed by atoms with Gasteiger partial charge in [-0.05, 0) is 28.8 Å². The maximum atomic E-state index is 10.9. The second-order valence-corrected chi connectivity index (χ2v) is 4.07. The number of carboxylic acids is 1. The van der Waals surface area contributed by atoms with Gasteiger partial charge in [-0.15, -0.1) is 0 Å². The van der Waals surface area contributed by atoms with Gasteiger partial charge in [-0.2, -0.15) is 0 Å². The van der Waals surface area contributed by atoms with Gasteiger partial charge in [-0.3, -0.25) is 10.1 Å². The smallest absolute Gasteiger partial charge is 0.328 e. The zero-order chi connectivity index (χ0) is 14.5. The van der Waals surface area contributed by atoms with Gasteiger partial charge in [0.2, 0.25) is 0 Å². The van der Waals surface area contributed by atoms with Crippen molar-refractivity contribution in [2.75, 3.05) is 0 Å². The highest BCUT2D eigenvalue weighted by atomic mass is 16.6. The van der Waals surface area contributed by atoms with Gasteiger partial charge in [0.05, 0.1) is 4.92 Å². The first-order chi connectivity index (χ1) is 9.58. The van der Waals surface area contributed by atoms with Crippen molar-refractivity contribution in [1.82, 2.24) is 0 Å². The Morgan fingerprint density at radius 1 is 1.00 bits per heavy atom. The fourth-order valence-corrected chi connectivity index (χ4v) is 1.84. The number of non-ortho nitro benzene ring substituents is 1. The van der Waals surface area contributed by atoms with Crippen molar-refractivity contribution in [2.45, 2.75) is 0 Å². The maximum Gasteiger partial charge on any atom is 0.328 e. The number of aliphatic carboxylic acids is 1. The highest BCUT2D eigenvalue weighted by molar-refractivity contribution is 5.95. The van der Waals surface area contributed by atoms with Gasteiger partial charge < -0.3 is 5.11 Å². The van der Waals surface area contributed by atoms with Crippen LogP contribution in [-0.2, 0) is 4.79 Å². The molecule has 0 heterocycles. The highest BCUT2D eigenvalue weighted by Crippen LogP contribution is 2.25. The zero-order valence-electron chi connectivity index (χ0n) is 10.4. The van der Waals surface area contributed by atoms with Crippen molar-refractivity contribution in [2.24, 2.45) is 0 Å².